The molecule has 2 heteroatoms. The summed E-state index contributed by atoms with van der Waals surface area (Å²) in [5.74, 6) is 0.774. The number of fused-ring (bicyclic) bond motifs is 1. The Morgan fingerprint density at radius 2 is 2.07 bits per heavy atom. The van der Waals surface area contributed by atoms with Crippen LogP contribution in [0.4, 0.5) is 5.69 Å². The van der Waals surface area contributed by atoms with Gasteiger partial charge in [-0.2, -0.15) is 0 Å². The molecule has 1 aliphatic heterocycles. The van der Waals surface area contributed by atoms with E-state index in [-0.39, 0.29) is 0 Å². The van der Waals surface area contributed by atoms with Crippen molar-refractivity contribution in [1.82, 2.24) is 0 Å². The van der Waals surface area contributed by atoms with Gasteiger partial charge in [-0.1, -0.05) is 20.4 Å². The fraction of sp³-hybridized carbons (Fsp3) is 0.385. The van der Waals surface area contributed by atoms with Crippen LogP contribution < -0.4 is 5.32 Å². The molecule has 0 saturated heterocycles. The van der Waals surface area contributed by atoms with Crippen LogP contribution in [-0.4, -0.2) is 5.11 Å². The van der Waals surface area contributed by atoms with Gasteiger partial charge in [0.2, 0.25) is 0 Å². The first-order valence-corrected chi connectivity index (χ1v) is 5.38. The Morgan fingerprint density at radius 1 is 1.33 bits per heavy atom. The first kappa shape index (κ1) is 10.1. The number of phenols is 1. The van der Waals surface area contributed by atoms with Crippen molar-refractivity contribution in [1.29, 1.82) is 0 Å². The highest BCUT2D eigenvalue weighted by Gasteiger charge is 2.17. The van der Waals surface area contributed by atoms with Crippen LogP contribution in [0, 0.1) is 0 Å². The molecule has 15 heavy (non-hydrogen) atoms. The summed E-state index contributed by atoms with van der Waals surface area (Å²) in [6, 6.07) is 3.69. The standard InChI is InChI=1S/C13H17NO/c1-8(2)12-7-11(15)6-10-5-4-9(3)14-13(10)12/h6-8,14-15H,3-5H2,1-2H3. The second kappa shape index (κ2) is 3.61. The lowest BCUT2D eigenvalue weighted by atomic mass is 9.92. The van der Waals surface area contributed by atoms with Crippen molar-refractivity contribution < 1.29 is 5.11 Å². The lowest BCUT2D eigenvalue weighted by molar-refractivity contribution is 0.473. The Labute approximate surface area is 90.6 Å². The molecule has 0 aromatic heterocycles. The van der Waals surface area contributed by atoms with Gasteiger partial charge in [-0.15, -0.1) is 0 Å². The van der Waals surface area contributed by atoms with E-state index < -0.39 is 0 Å². The van der Waals surface area contributed by atoms with Crippen LogP contribution in [0.1, 0.15) is 37.3 Å². The lowest BCUT2D eigenvalue weighted by Gasteiger charge is -2.24. The summed E-state index contributed by atoms with van der Waals surface area (Å²) in [5.41, 5.74) is 4.59. The average Bonchev–Trinajstić information content (AvgIpc) is 2.17. The summed E-state index contributed by atoms with van der Waals surface area (Å²) in [7, 11) is 0. The molecule has 1 heterocycles. The van der Waals surface area contributed by atoms with E-state index in [4.69, 9.17) is 0 Å². The monoisotopic (exact) mass is 203 g/mol. The number of aromatic hydroxyl groups is 1. The van der Waals surface area contributed by atoms with E-state index in [9.17, 15) is 5.11 Å². The highest BCUT2D eigenvalue weighted by Crippen LogP contribution is 2.36. The summed E-state index contributed by atoms with van der Waals surface area (Å²) in [4.78, 5) is 0. The summed E-state index contributed by atoms with van der Waals surface area (Å²) in [6.45, 7) is 8.23. The largest absolute Gasteiger partial charge is 0.508 e. The van der Waals surface area contributed by atoms with Gasteiger partial charge in [0.15, 0.2) is 0 Å². The number of hydrogen-bond acceptors (Lipinski definition) is 2. The Balaban J connectivity index is 2.55. The minimum Gasteiger partial charge on any atom is -0.508 e. The number of allylic oxidation sites excluding steroid dienone is 1. The molecular formula is C13H17NO. The molecule has 1 aromatic rings. The van der Waals surface area contributed by atoms with E-state index in [1.165, 1.54) is 11.1 Å². The molecule has 0 spiro atoms. The Hall–Kier alpha value is -1.44. The van der Waals surface area contributed by atoms with E-state index >= 15 is 0 Å². The van der Waals surface area contributed by atoms with Gasteiger partial charge >= 0.3 is 0 Å². The van der Waals surface area contributed by atoms with Crippen LogP contribution in [0.15, 0.2) is 24.4 Å². The van der Waals surface area contributed by atoms with E-state index in [0.717, 1.165) is 24.2 Å². The third kappa shape index (κ3) is 1.84. The summed E-state index contributed by atoms with van der Waals surface area (Å²) in [6.07, 6.45) is 1.92. The molecule has 80 valence electrons. The van der Waals surface area contributed by atoms with Gasteiger partial charge < -0.3 is 10.4 Å². The van der Waals surface area contributed by atoms with Crippen LogP contribution in [-0.2, 0) is 6.42 Å². The predicted molar refractivity (Wildman–Crippen MR) is 63.3 cm³/mol. The first-order valence-electron chi connectivity index (χ1n) is 5.38. The number of benzene rings is 1. The number of phenolic OH excluding ortho intramolecular Hbond substituents is 1. The number of nitrogens with one attached hydrogen (secondary N) is 1. The number of anilines is 1. The predicted octanol–water partition coefficient (Wildman–Crippen LogP) is 3.39. The van der Waals surface area contributed by atoms with Crippen LogP contribution in [0.25, 0.3) is 0 Å². The zero-order valence-corrected chi connectivity index (χ0v) is 9.30. The van der Waals surface area contributed by atoms with Gasteiger partial charge in [-0.3, -0.25) is 0 Å². The molecule has 0 saturated carbocycles. The zero-order chi connectivity index (χ0) is 11.0. The average molecular weight is 203 g/mol. The summed E-state index contributed by atoms with van der Waals surface area (Å²) in [5, 5.41) is 13.0. The Kier molecular flexibility index (Phi) is 2.43. The van der Waals surface area contributed by atoms with E-state index in [1.54, 1.807) is 0 Å². The Bertz CT molecular complexity index is 407. The third-order valence-corrected chi connectivity index (χ3v) is 2.86. The molecule has 2 rings (SSSR count). The minimum absolute atomic E-state index is 0.367. The van der Waals surface area contributed by atoms with E-state index in [0.29, 0.717) is 11.7 Å². The van der Waals surface area contributed by atoms with E-state index in [1.807, 2.05) is 12.1 Å². The molecule has 0 amide bonds. The molecule has 2 N–H and O–H groups in total. The fourth-order valence-electron chi connectivity index (χ4n) is 2.04. The minimum atomic E-state index is 0.367. The quantitative estimate of drug-likeness (QED) is 0.686. The smallest absolute Gasteiger partial charge is 0.116 e. The number of aryl methyl sites for hydroxylation is 1. The van der Waals surface area contributed by atoms with Gasteiger partial charge in [0, 0.05) is 11.4 Å². The second-order valence-electron chi connectivity index (χ2n) is 4.45. The maximum Gasteiger partial charge on any atom is 0.116 e. The molecule has 0 unspecified atom stereocenters. The fourth-order valence-corrected chi connectivity index (χ4v) is 2.04. The van der Waals surface area contributed by atoms with Crippen LogP contribution in [0.2, 0.25) is 0 Å². The van der Waals surface area contributed by atoms with Crippen LogP contribution >= 0.6 is 0 Å². The van der Waals surface area contributed by atoms with Gasteiger partial charge in [0.25, 0.3) is 0 Å². The van der Waals surface area contributed by atoms with Gasteiger partial charge in [-0.25, -0.2) is 0 Å². The van der Waals surface area contributed by atoms with Crippen molar-refractivity contribution in [3.8, 4) is 5.75 Å². The maximum atomic E-state index is 9.63. The highest BCUT2D eigenvalue weighted by molar-refractivity contribution is 5.65. The molecule has 0 radical (unpaired) electrons. The van der Waals surface area contributed by atoms with Gasteiger partial charge in [0.05, 0.1) is 0 Å². The number of hydrogen-bond donors (Lipinski definition) is 2. The molecule has 1 aliphatic rings. The van der Waals surface area contributed by atoms with Crippen molar-refractivity contribution in [3.05, 3.63) is 35.5 Å². The number of rotatable bonds is 1. The van der Waals surface area contributed by atoms with Gasteiger partial charge in [-0.05, 0) is 42.0 Å². The molecule has 0 aliphatic carbocycles. The maximum absolute atomic E-state index is 9.63. The Morgan fingerprint density at radius 3 is 2.73 bits per heavy atom. The van der Waals surface area contributed by atoms with Crippen LogP contribution in [0.5, 0.6) is 5.75 Å². The van der Waals surface area contributed by atoms with Crippen LogP contribution in [0.3, 0.4) is 0 Å². The second-order valence-corrected chi connectivity index (χ2v) is 4.45. The molecule has 1 aromatic carbocycles. The molecule has 0 atom stereocenters. The molecular weight excluding hydrogens is 186 g/mol. The van der Waals surface area contributed by atoms with Crippen molar-refractivity contribution >= 4 is 5.69 Å². The van der Waals surface area contributed by atoms with Crippen molar-refractivity contribution in [2.24, 2.45) is 0 Å². The molecule has 2 nitrogen and oxygen atoms in total. The highest BCUT2D eigenvalue weighted by atomic mass is 16.3. The first-order chi connectivity index (χ1) is 7.08. The zero-order valence-electron chi connectivity index (χ0n) is 9.30. The van der Waals surface area contributed by atoms with Crippen molar-refractivity contribution in [2.45, 2.75) is 32.6 Å². The van der Waals surface area contributed by atoms with E-state index in [2.05, 4.69) is 25.7 Å². The normalized spacial score (nSPS) is 15.0. The topological polar surface area (TPSA) is 32.3 Å². The third-order valence-electron chi connectivity index (χ3n) is 2.86. The SMILES string of the molecule is C=C1CCc2cc(O)cc(C(C)C)c2N1. The van der Waals surface area contributed by atoms with Crippen molar-refractivity contribution in [2.75, 3.05) is 5.32 Å². The van der Waals surface area contributed by atoms with Gasteiger partial charge in [0.1, 0.15) is 5.75 Å². The molecule has 0 fully saturated rings. The lowest BCUT2D eigenvalue weighted by Crippen LogP contribution is -2.12. The summed E-state index contributed by atoms with van der Waals surface area (Å²) >= 11 is 0. The molecule has 0 bridgehead atoms. The summed E-state index contributed by atoms with van der Waals surface area (Å²) < 4.78 is 0. The van der Waals surface area contributed by atoms with Crippen molar-refractivity contribution in [3.63, 3.8) is 0 Å².